The van der Waals surface area contributed by atoms with Crippen LogP contribution < -0.4 is 4.74 Å². The quantitative estimate of drug-likeness (QED) is 0.680. The fourth-order valence-corrected chi connectivity index (χ4v) is 1.76. The van der Waals surface area contributed by atoms with Gasteiger partial charge in [0.1, 0.15) is 0 Å². The summed E-state index contributed by atoms with van der Waals surface area (Å²) in [5.41, 5.74) is 2.12. The van der Waals surface area contributed by atoms with E-state index in [-0.39, 0.29) is 5.82 Å². The molecule has 0 unspecified atom stereocenters. The highest BCUT2D eigenvalue weighted by Gasteiger charge is 2.17. The minimum atomic E-state index is -0.196. The van der Waals surface area contributed by atoms with Gasteiger partial charge in [0, 0.05) is 12.0 Å². The molecule has 0 N–H and O–H groups in total. The van der Waals surface area contributed by atoms with E-state index in [9.17, 15) is 4.39 Å². The van der Waals surface area contributed by atoms with Gasteiger partial charge < -0.3 is 4.74 Å². The number of ether oxygens (including phenoxy) is 1. The molecule has 13 heavy (non-hydrogen) atoms. The molecule has 1 heterocycles. The molecule has 1 aliphatic heterocycles. The van der Waals surface area contributed by atoms with E-state index < -0.39 is 0 Å². The minimum Gasteiger partial charge on any atom is -0.490 e. The zero-order valence-corrected chi connectivity index (χ0v) is 7.77. The fourth-order valence-electron chi connectivity index (χ4n) is 1.76. The third-order valence-corrected chi connectivity index (χ3v) is 2.34. The molecule has 1 aliphatic rings. The molecule has 0 radical (unpaired) electrons. The first kappa shape index (κ1) is 8.54. The Morgan fingerprint density at radius 3 is 3.08 bits per heavy atom. The van der Waals surface area contributed by atoms with E-state index in [1.807, 2.05) is 0 Å². The summed E-state index contributed by atoms with van der Waals surface area (Å²) in [5.74, 6) is 0.276. The normalized spacial score (nSPS) is 14.0. The highest BCUT2D eigenvalue weighted by atomic mass is 19.1. The van der Waals surface area contributed by atoms with E-state index in [0.29, 0.717) is 12.4 Å². The third-order valence-electron chi connectivity index (χ3n) is 2.34. The molecule has 2 heteroatoms. The van der Waals surface area contributed by atoms with E-state index in [2.05, 4.69) is 13.0 Å². The molecule has 70 valence electrons. The smallest absolute Gasteiger partial charge is 0.165 e. The monoisotopic (exact) mass is 180 g/mol. The van der Waals surface area contributed by atoms with Crippen LogP contribution in [-0.2, 0) is 12.8 Å². The van der Waals surface area contributed by atoms with Crippen LogP contribution in [0, 0.1) is 5.82 Å². The Hall–Kier alpha value is -1.05. The Morgan fingerprint density at radius 2 is 2.31 bits per heavy atom. The second-order valence-electron chi connectivity index (χ2n) is 3.41. The summed E-state index contributed by atoms with van der Waals surface area (Å²) in [6.45, 7) is 2.73. The standard InChI is InChI=1S/C11H13FO/c1-2-3-8-6-9-4-5-13-11(9)10(12)7-8/h6-7H,2-5H2,1H3. The Balaban J connectivity index is 2.37. The minimum absolute atomic E-state index is 0.196. The first-order valence-corrected chi connectivity index (χ1v) is 4.75. The summed E-state index contributed by atoms with van der Waals surface area (Å²) in [4.78, 5) is 0. The van der Waals surface area contributed by atoms with Crippen molar-refractivity contribution in [2.45, 2.75) is 26.2 Å². The van der Waals surface area contributed by atoms with Crippen molar-refractivity contribution >= 4 is 0 Å². The lowest BCUT2D eigenvalue weighted by Gasteiger charge is -2.04. The molecule has 0 spiro atoms. The van der Waals surface area contributed by atoms with Crippen LogP contribution in [0.2, 0.25) is 0 Å². The van der Waals surface area contributed by atoms with Crippen LogP contribution in [0.15, 0.2) is 12.1 Å². The zero-order valence-electron chi connectivity index (χ0n) is 7.77. The largest absolute Gasteiger partial charge is 0.490 e. The van der Waals surface area contributed by atoms with E-state index in [0.717, 1.165) is 30.4 Å². The number of hydrogen-bond donors (Lipinski definition) is 0. The predicted octanol–water partition coefficient (Wildman–Crippen LogP) is 2.71. The average molecular weight is 180 g/mol. The van der Waals surface area contributed by atoms with Crippen LogP contribution in [0.4, 0.5) is 4.39 Å². The van der Waals surface area contributed by atoms with Gasteiger partial charge >= 0.3 is 0 Å². The van der Waals surface area contributed by atoms with Gasteiger partial charge in [-0.15, -0.1) is 0 Å². The molecule has 1 nitrogen and oxygen atoms in total. The van der Waals surface area contributed by atoms with E-state index in [4.69, 9.17) is 4.74 Å². The second-order valence-corrected chi connectivity index (χ2v) is 3.41. The van der Waals surface area contributed by atoms with Crippen molar-refractivity contribution in [3.8, 4) is 5.75 Å². The second kappa shape index (κ2) is 3.36. The average Bonchev–Trinajstić information content (AvgIpc) is 2.53. The van der Waals surface area contributed by atoms with Crippen LogP contribution >= 0.6 is 0 Å². The highest BCUT2D eigenvalue weighted by molar-refractivity contribution is 5.41. The van der Waals surface area contributed by atoms with E-state index in [1.165, 1.54) is 0 Å². The van der Waals surface area contributed by atoms with Gasteiger partial charge in [-0.2, -0.15) is 0 Å². The zero-order chi connectivity index (χ0) is 9.26. The molecule has 0 amide bonds. The van der Waals surface area contributed by atoms with Crippen LogP contribution in [-0.4, -0.2) is 6.61 Å². The molecule has 0 saturated carbocycles. The van der Waals surface area contributed by atoms with Crippen molar-refractivity contribution in [1.82, 2.24) is 0 Å². The summed E-state index contributed by atoms with van der Waals surface area (Å²) in [7, 11) is 0. The number of hydrogen-bond acceptors (Lipinski definition) is 1. The van der Waals surface area contributed by atoms with Gasteiger partial charge in [0.25, 0.3) is 0 Å². The molecule has 0 atom stereocenters. The first-order chi connectivity index (χ1) is 6.31. The maximum absolute atomic E-state index is 13.3. The fraction of sp³-hybridized carbons (Fsp3) is 0.455. The van der Waals surface area contributed by atoms with Gasteiger partial charge in [0.05, 0.1) is 6.61 Å². The molecular weight excluding hydrogens is 167 g/mol. The molecule has 0 bridgehead atoms. The van der Waals surface area contributed by atoms with Gasteiger partial charge in [0.15, 0.2) is 11.6 Å². The lowest BCUT2D eigenvalue weighted by Crippen LogP contribution is -1.90. The van der Waals surface area contributed by atoms with Gasteiger partial charge in [-0.3, -0.25) is 0 Å². The van der Waals surface area contributed by atoms with Crippen LogP contribution in [0.1, 0.15) is 24.5 Å². The topological polar surface area (TPSA) is 9.23 Å². The maximum Gasteiger partial charge on any atom is 0.165 e. The highest BCUT2D eigenvalue weighted by Crippen LogP contribution is 2.29. The van der Waals surface area contributed by atoms with Crippen molar-refractivity contribution in [2.75, 3.05) is 6.61 Å². The summed E-state index contributed by atoms with van der Waals surface area (Å²) < 4.78 is 18.5. The Labute approximate surface area is 77.5 Å². The van der Waals surface area contributed by atoms with Gasteiger partial charge in [-0.05, 0) is 18.1 Å². The van der Waals surface area contributed by atoms with Gasteiger partial charge in [-0.1, -0.05) is 19.4 Å². The Morgan fingerprint density at radius 1 is 1.46 bits per heavy atom. The van der Waals surface area contributed by atoms with Crippen LogP contribution in [0.5, 0.6) is 5.75 Å². The lowest BCUT2D eigenvalue weighted by atomic mass is 10.0. The predicted molar refractivity (Wildman–Crippen MR) is 49.6 cm³/mol. The molecular formula is C11H13FO. The van der Waals surface area contributed by atoms with Crippen LogP contribution in [0.3, 0.4) is 0 Å². The molecule has 0 aliphatic carbocycles. The molecule has 2 rings (SSSR count). The van der Waals surface area contributed by atoms with Crippen molar-refractivity contribution in [1.29, 1.82) is 0 Å². The van der Waals surface area contributed by atoms with Gasteiger partial charge in [0.2, 0.25) is 0 Å². The maximum atomic E-state index is 13.3. The molecule has 0 fully saturated rings. The summed E-state index contributed by atoms with van der Waals surface area (Å²) >= 11 is 0. The molecule has 0 saturated heterocycles. The lowest BCUT2D eigenvalue weighted by molar-refractivity contribution is 0.339. The van der Waals surface area contributed by atoms with Crippen LogP contribution in [0.25, 0.3) is 0 Å². The molecule has 1 aromatic rings. The summed E-state index contributed by atoms with van der Waals surface area (Å²) in [6.07, 6.45) is 2.85. The number of halogens is 1. The first-order valence-electron chi connectivity index (χ1n) is 4.75. The number of benzene rings is 1. The van der Waals surface area contributed by atoms with Gasteiger partial charge in [-0.25, -0.2) is 4.39 Å². The van der Waals surface area contributed by atoms with Crippen molar-refractivity contribution < 1.29 is 9.13 Å². The molecule has 0 aromatic heterocycles. The Kier molecular flexibility index (Phi) is 2.21. The molecule has 1 aromatic carbocycles. The number of aryl methyl sites for hydroxylation is 1. The number of rotatable bonds is 2. The SMILES string of the molecule is CCCc1cc(F)c2c(c1)CCO2. The van der Waals surface area contributed by atoms with Crippen molar-refractivity contribution in [2.24, 2.45) is 0 Å². The van der Waals surface area contributed by atoms with Crippen molar-refractivity contribution in [3.63, 3.8) is 0 Å². The summed E-state index contributed by atoms with van der Waals surface area (Å²) in [6, 6.07) is 3.66. The third kappa shape index (κ3) is 1.53. The van der Waals surface area contributed by atoms with E-state index >= 15 is 0 Å². The van der Waals surface area contributed by atoms with E-state index in [1.54, 1.807) is 6.07 Å². The number of fused-ring (bicyclic) bond motifs is 1. The Bertz CT molecular complexity index is 320. The van der Waals surface area contributed by atoms with Crippen molar-refractivity contribution in [3.05, 3.63) is 29.1 Å². The summed E-state index contributed by atoms with van der Waals surface area (Å²) in [5, 5.41) is 0.